The maximum absolute atomic E-state index is 12.6. The second-order valence-corrected chi connectivity index (χ2v) is 5.59. The number of amides is 2. The average Bonchev–Trinajstić information content (AvgIpc) is 2.84. The van der Waals surface area contributed by atoms with Gasteiger partial charge in [0, 0.05) is 38.9 Å². The first-order valence-corrected chi connectivity index (χ1v) is 7.44. The van der Waals surface area contributed by atoms with Crippen LogP contribution in [0.4, 0.5) is 0 Å². The molecule has 1 aliphatic heterocycles. The molecule has 1 atom stereocenters. The van der Waals surface area contributed by atoms with Gasteiger partial charge >= 0.3 is 0 Å². The number of nitrogens with one attached hydrogen (secondary N) is 1. The number of piperidine rings is 1. The van der Waals surface area contributed by atoms with Gasteiger partial charge in [-0.3, -0.25) is 9.59 Å². The van der Waals surface area contributed by atoms with Gasteiger partial charge < -0.3 is 20.5 Å². The van der Waals surface area contributed by atoms with Crippen LogP contribution in [0.1, 0.15) is 29.0 Å². The fraction of sp³-hybridized carbons (Fsp3) is 0.600. The summed E-state index contributed by atoms with van der Waals surface area (Å²) in [6.45, 7) is 4.09. The van der Waals surface area contributed by atoms with E-state index in [2.05, 4.69) is 5.32 Å². The van der Waals surface area contributed by atoms with Crippen LogP contribution >= 0.6 is 0 Å². The van der Waals surface area contributed by atoms with Crippen LogP contribution in [0.15, 0.2) is 12.1 Å². The van der Waals surface area contributed by atoms with Crippen LogP contribution < -0.4 is 11.1 Å². The summed E-state index contributed by atoms with van der Waals surface area (Å²) in [5.41, 5.74) is 7.12. The molecule has 0 spiro atoms. The summed E-state index contributed by atoms with van der Waals surface area (Å²) < 4.78 is 1.89. The summed E-state index contributed by atoms with van der Waals surface area (Å²) in [6, 6.07) is 3.78. The number of carbonyl (C=O) groups excluding carboxylic acids is 2. The number of rotatable bonds is 4. The van der Waals surface area contributed by atoms with Crippen molar-refractivity contribution in [3.63, 3.8) is 0 Å². The highest BCUT2D eigenvalue weighted by atomic mass is 16.2. The molecule has 0 radical (unpaired) electrons. The van der Waals surface area contributed by atoms with Crippen LogP contribution in [0.25, 0.3) is 0 Å². The van der Waals surface area contributed by atoms with Crippen LogP contribution in [-0.2, 0) is 11.8 Å². The molecule has 1 unspecified atom stereocenters. The van der Waals surface area contributed by atoms with Crippen LogP contribution in [0.2, 0.25) is 0 Å². The molecule has 0 bridgehead atoms. The molecule has 6 heteroatoms. The first-order chi connectivity index (χ1) is 10.0. The number of hydrogen-bond donors (Lipinski definition) is 2. The lowest BCUT2D eigenvalue weighted by molar-refractivity contribution is -0.126. The van der Waals surface area contributed by atoms with Crippen LogP contribution in [-0.4, -0.2) is 47.5 Å². The molecule has 2 amide bonds. The molecule has 0 aromatic carbocycles. The zero-order valence-corrected chi connectivity index (χ0v) is 12.8. The number of hydrogen-bond acceptors (Lipinski definition) is 3. The maximum atomic E-state index is 12.6. The van der Waals surface area contributed by atoms with Crippen molar-refractivity contribution in [2.45, 2.75) is 19.8 Å². The molecular weight excluding hydrogens is 268 g/mol. The number of nitrogens with two attached hydrogens (primary N) is 1. The predicted molar refractivity (Wildman–Crippen MR) is 80.8 cm³/mol. The SMILES string of the molecule is Cc1ccc(C(=O)N2CCCC(C(=O)NCCN)C2)n1C. The van der Waals surface area contributed by atoms with Crippen LogP contribution in [0, 0.1) is 12.8 Å². The molecule has 3 N–H and O–H groups in total. The van der Waals surface area contributed by atoms with E-state index in [-0.39, 0.29) is 17.7 Å². The van der Waals surface area contributed by atoms with Crippen LogP contribution in [0.5, 0.6) is 0 Å². The normalized spacial score (nSPS) is 18.6. The molecule has 1 fully saturated rings. The maximum Gasteiger partial charge on any atom is 0.270 e. The fourth-order valence-electron chi connectivity index (χ4n) is 2.71. The number of carbonyl (C=O) groups is 2. The predicted octanol–water partition coefficient (Wildman–Crippen LogP) is 0.261. The van der Waals surface area contributed by atoms with Crippen molar-refractivity contribution in [1.82, 2.24) is 14.8 Å². The molecule has 1 aliphatic rings. The van der Waals surface area contributed by atoms with Crippen molar-refractivity contribution in [1.29, 1.82) is 0 Å². The molecule has 1 saturated heterocycles. The fourth-order valence-corrected chi connectivity index (χ4v) is 2.71. The van der Waals surface area contributed by atoms with E-state index < -0.39 is 0 Å². The Morgan fingerprint density at radius 1 is 1.43 bits per heavy atom. The molecule has 21 heavy (non-hydrogen) atoms. The summed E-state index contributed by atoms with van der Waals surface area (Å²) >= 11 is 0. The Bertz CT molecular complexity index is 524. The Balaban J connectivity index is 2.02. The smallest absolute Gasteiger partial charge is 0.270 e. The van der Waals surface area contributed by atoms with E-state index in [1.54, 1.807) is 4.90 Å². The van der Waals surface area contributed by atoms with Crippen molar-refractivity contribution in [3.05, 3.63) is 23.5 Å². The minimum atomic E-state index is -0.129. The van der Waals surface area contributed by atoms with Gasteiger partial charge in [-0.05, 0) is 31.9 Å². The summed E-state index contributed by atoms with van der Waals surface area (Å²) in [6.07, 6.45) is 1.68. The lowest BCUT2D eigenvalue weighted by Crippen LogP contribution is -2.46. The largest absolute Gasteiger partial charge is 0.355 e. The third-order valence-electron chi connectivity index (χ3n) is 4.11. The van der Waals surface area contributed by atoms with Crippen molar-refractivity contribution < 1.29 is 9.59 Å². The van der Waals surface area contributed by atoms with E-state index in [4.69, 9.17) is 5.73 Å². The monoisotopic (exact) mass is 292 g/mol. The molecule has 116 valence electrons. The van der Waals surface area contributed by atoms with Gasteiger partial charge in [0.25, 0.3) is 5.91 Å². The second-order valence-electron chi connectivity index (χ2n) is 5.59. The van der Waals surface area contributed by atoms with E-state index in [1.165, 1.54) is 0 Å². The first-order valence-electron chi connectivity index (χ1n) is 7.44. The second kappa shape index (κ2) is 6.76. The molecule has 0 aliphatic carbocycles. The Kier molecular flexibility index (Phi) is 5.01. The van der Waals surface area contributed by atoms with Gasteiger partial charge in [0.05, 0.1) is 5.92 Å². The lowest BCUT2D eigenvalue weighted by atomic mass is 9.97. The van der Waals surface area contributed by atoms with Crippen molar-refractivity contribution >= 4 is 11.8 Å². The zero-order valence-electron chi connectivity index (χ0n) is 12.8. The van der Waals surface area contributed by atoms with Gasteiger partial charge in [0.15, 0.2) is 0 Å². The summed E-state index contributed by atoms with van der Waals surface area (Å²) in [4.78, 5) is 26.4. The van der Waals surface area contributed by atoms with E-state index >= 15 is 0 Å². The van der Waals surface area contributed by atoms with Crippen molar-refractivity contribution in [2.24, 2.45) is 18.7 Å². The number of nitrogens with zero attached hydrogens (tertiary/aromatic N) is 2. The third-order valence-corrected chi connectivity index (χ3v) is 4.11. The van der Waals surface area contributed by atoms with Gasteiger partial charge in [-0.1, -0.05) is 0 Å². The Hall–Kier alpha value is -1.82. The summed E-state index contributed by atoms with van der Waals surface area (Å²) in [7, 11) is 1.89. The van der Waals surface area contributed by atoms with Gasteiger partial charge in [-0.15, -0.1) is 0 Å². The summed E-state index contributed by atoms with van der Waals surface area (Å²) in [5, 5.41) is 2.81. The first kappa shape index (κ1) is 15.6. The van der Waals surface area contributed by atoms with Crippen molar-refractivity contribution in [3.8, 4) is 0 Å². The van der Waals surface area contributed by atoms with Crippen molar-refractivity contribution in [2.75, 3.05) is 26.2 Å². The third kappa shape index (κ3) is 3.44. The van der Waals surface area contributed by atoms with Gasteiger partial charge in [0.1, 0.15) is 5.69 Å². The van der Waals surface area contributed by atoms with E-state index in [0.717, 1.165) is 18.5 Å². The van der Waals surface area contributed by atoms with Gasteiger partial charge in [0.2, 0.25) is 5.91 Å². The molecule has 2 rings (SSSR count). The Labute approximate surface area is 125 Å². The minimum Gasteiger partial charge on any atom is -0.355 e. The Morgan fingerprint density at radius 2 is 2.19 bits per heavy atom. The molecule has 1 aromatic heterocycles. The number of aryl methyl sites for hydroxylation is 1. The number of likely N-dealkylation sites (tertiary alicyclic amines) is 1. The lowest BCUT2D eigenvalue weighted by Gasteiger charge is -2.32. The highest BCUT2D eigenvalue weighted by molar-refractivity contribution is 5.93. The summed E-state index contributed by atoms with van der Waals surface area (Å²) in [5.74, 6) is -0.126. The number of aromatic nitrogens is 1. The topological polar surface area (TPSA) is 80.4 Å². The minimum absolute atomic E-state index is 0.000937. The zero-order chi connectivity index (χ0) is 15.4. The standard InChI is InChI=1S/C15H24N4O2/c1-11-5-6-13(18(11)2)15(21)19-9-3-4-12(10-19)14(20)17-8-7-16/h5-6,12H,3-4,7-10,16H2,1-2H3,(H,17,20). The molecule has 2 heterocycles. The molecule has 6 nitrogen and oxygen atoms in total. The highest BCUT2D eigenvalue weighted by Gasteiger charge is 2.29. The average molecular weight is 292 g/mol. The highest BCUT2D eigenvalue weighted by Crippen LogP contribution is 2.19. The molecular formula is C15H24N4O2. The van der Waals surface area contributed by atoms with Gasteiger partial charge in [-0.2, -0.15) is 0 Å². The Morgan fingerprint density at radius 3 is 2.81 bits per heavy atom. The van der Waals surface area contributed by atoms with E-state index in [0.29, 0.717) is 31.9 Å². The van der Waals surface area contributed by atoms with E-state index in [1.807, 2.05) is 30.7 Å². The van der Waals surface area contributed by atoms with Crippen LogP contribution in [0.3, 0.4) is 0 Å². The quantitative estimate of drug-likeness (QED) is 0.835. The molecule has 0 saturated carbocycles. The molecule has 1 aromatic rings. The van der Waals surface area contributed by atoms with E-state index in [9.17, 15) is 9.59 Å². The van der Waals surface area contributed by atoms with Gasteiger partial charge in [-0.25, -0.2) is 0 Å².